The van der Waals surface area contributed by atoms with Gasteiger partial charge in [-0.15, -0.1) is 0 Å². The fraction of sp³-hybridized carbons (Fsp3) is 0.923. The van der Waals surface area contributed by atoms with Crippen molar-refractivity contribution >= 4 is 16.9 Å². The van der Waals surface area contributed by atoms with Crippen LogP contribution in [0, 0.1) is 0 Å². The van der Waals surface area contributed by atoms with Gasteiger partial charge in [0, 0.05) is 6.54 Å². The van der Waals surface area contributed by atoms with E-state index in [2.05, 4.69) is 24.5 Å². The van der Waals surface area contributed by atoms with Crippen LogP contribution in [-0.4, -0.2) is 78.3 Å². The quantitative estimate of drug-likeness (QED) is 0.486. The van der Waals surface area contributed by atoms with E-state index in [-0.39, 0.29) is 0 Å². The molecule has 3 N–H and O–H groups in total. The van der Waals surface area contributed by atoms with E-state index >= 15 is 0 Å². The second-order valence-corrected chi connectivity index (χ2v) is 6.33. The van der Waals surface area contributed by atoms with E-state index in [9.17, 15) is 23.4 Å². The molecule has 12 heteroatoms. The van der Waals surface area contributed by atoms with Crippen LogP contribution in [0.4, 0.5) is 13.2 Å². The minimum absolute atomic E-state index is 0.513. The summed E-state index contributed by atoms with van der Waals surface area (Å²) in [6.07, 6.45) is -4.47. The van der Waals surface area contributed by atoms with Crippen LogP contribution in [-0.2, 0) is 18.9 Å². The Morgan fingerprint density at radius 1 is 1.16 bits per heavy atom. The summed E-state index contributed by atoms with van der Waals surface area (Å²) in [5.41, 5.74) is -0.618. The summed E-state index contributed by atoms with van der Waals surface area (Å²) in [5.74, 6) is -2.42. The van der Waals surface area contributed by atoms with Gasteiger partial charge in [-0.1, -0.05) is 11.8 Å². The fourth-order valence-corrected chi connectivity index (χ4v) is 3.87. The van der Waals surface area contributed by atoms with Crippen molar-refractivity contribution in [3.05, 3.63) is 0 Å². The second kappa shape index (κ2) is 9.35. The van der Waals surface area contributed by atoms with E-state index in [0.29, 0.717) is 11.7 Å². The molecule has 0 unspecified atom stereocenters. The Hall–Kier alpha value is -0.630. The van der Waals surface area contributed by atoms with E-state index < -0.39 is 62.8 Å². The summed E-state index contributed by atoms with van der Waals surface area (Å²) in [6, 6.07) is -0.623. The molecule has 2 aliphatic heterocycles. The van der Waals surface area contributed by atoms with Gasteiger partial charge in [-0.2, -0.15) is 0 Å². The van der Waals surface area contributed by atoms with E-state index in [0.717, 1.165) is 0 Å². The number of nitrogens with one attached hydrogen (secondary N) is 1. The fourth-order valence-electron chi connectivity index (χ4n) is 2.66. The Bertz CT molecular complexity index is 446. The monoisotopic (exact) mass is 390 g/mol. The van der Waals surface area contributed by atoms with Gasteiger partial charge in [-0.25, -0.2) is 13.2 Å². The van der Waals surface area contributed by atoms with Crippen molar-refractivity contribution < 1.29 is 42.3 Å². The zero-order valence-corrected chi connectivity index (χ0v) is 14.3. The summed E-state index contributed by atoms with van der Waals surface area (Å²) < 4.78 is 57.2. The number of ether oxygens (including phenoxy) is 4. The lowest BCUT2D eigenvalue weighted by Crippen LogP contribution is -2.60. The van der Waals surface area contributed by atoms with Crippen LogP contribution < -0.4 is 5.32 Å². The van der Waals surface area contributed by atoms with Crippen molar-refractivity contribution in [2.75, 3.05) is 27.1 Å². The molecule has 0 aromatic rings. The topological polar surface area (TPSA) is 102 Å². The minimum Gasteiger partial charge on any atom is -0.388 e. The van der Waals surface area contributed by atoms with Crippen LogP contribution in [0.15, 0.2) is 4.99 Å². The largest absolute Gasteiger partial charge is 0.388 e. The van der Waals surface area contributed by atoms with Crippen molar-refractivity contribution in [1.82, 2.24) is 5.32 Å². The third-order valence-corrected chi connectivity index (χ3v) is 4.90. The lowest BCUT2D eigenvalue weighted by molar-refractivity contribution is -0.416. The number of amidine groups is 1. The number of hydrogen-bond acceptors (Lipinski definition) is 8. The van der Waals surface area contributed by atoms with Gasteiger partial charge < -0.3 is 20.3 Å². The molecular weight excluding hydrogens is 369 g/mol. The van der Waals surface area contributed by atoms with Gasteiger partial charge in [0.2, 0.25) is 0 Å². The standard InChI is InChI=1S/C13H21F3N2O6S/c1-2-17-12-18-8-10(20)9(19)7(24-11(8)25-12)3-13(21-4-14,22-5-15)23-6-16/h7-11,19-20H,2-6H2,1H3,(H,17,18)/t7-,8+,9+,10+,11+/m0/s1. The molecule has 0 aliphatic carbocycles. The molecular formula is C13H21F3N2O6S. The summed E-state index contributed by atoms with van der Waals surface area (Å²) in [4.78, 5) is 4.17. The molecule has 0 saturated carbocycles. The first kappa shape index (κ1) is 20.7. The summed E-state index contributed by atoms with van der Waals surface area (Å²) in [5, 5.41) is 24.0. The Morgan fingerprint density at radius 2 is 1.76 bits per heavy atom. The maximum atomic E-state index is 12.6. The number of fused-ring (bicyclic) bond motifs is 1. The number of nitrogens with zero attached hydrogens (tertiary/aromatic N) is 1. The smallest absolute Gasteiger partial charge is 0.292 e. The van der Waals surface area contributed by atoms with Gasteiger partial charge in [0.25, 0.3) is 5.97 Å². The molecule has 8 nitrogen and oxygen atoms in total. The molecule has 0 bridgehead atoms. The highest BCUT2D eigenvalue weighted by Gasteiger charge is 2.52. The third-order valence-electron chi connectivity index (χ3n) is 3.80. The molecule has 2 heterocycles. The highest BCUT2D eigenvalue weighted by molar-refractivity contribution is 8.14. The van der Waals surface area contributed by atoms with Crippen LogP contribution >= 0.6 is 11.8 Å². The van der Waals surface area contributed by atoms with Crippen LogP contribution in [0.25, 0.3) is 0 Å². The average molecular weight is 390 g/mol. The molecule has 0 aromatic heterocycles. The van der Waals surface area contributed by atoms with Gasteiger partial charge in [0.1, 0.15) is 17.6 Å². The van der Waals surface area contributed by atoms with Crippen molar-refractivity contribution in [3.63, 3.8) is 0 Å². The van der Waals surface area contributed by atoms with E-state index in [1.807, 2.05) is 6.92 Å². The Balaban J connectivity index is 2.13. The first-order valence-electron chi connectivity index (χ1n) is 7.59. The number of rotatable bonds is 9. The van der Waals surface area contributed by atoms with Crippen molar-refractivity contribution in [2.45, 2.75) is 49.1 Å². The van der Waals surface area contributed by atoms with Crippen LogP contribution in [0.2, 0.25) is 0 Å². The molecule has 2 aliphatic rings. The van der Waals surface area contributed by atoms with Gasteiger partial charge in [-0.3, -0.25) is 19.2 Å². The zero-order valence-electron chi connectivity index (χ0n) is 13.4. The summed E-state index contributed by atoms with van der Waals surface area (Å²) >= 11 is 1.20. The lowest BCUT2D eigenvalue weighted by atomic mass is 9.95. The molecule has 0 spiro atoms. The summed E-state index contributed by atoms with van der Waals surface area (Å²) in [7, 11) is 0. The van der Waals surface area contributed by atoms with Gasteiger partial charge in [0.05, 0.1) is 18.6 Å². The summed E-state index contributed by atoms with van der Waals surface area (Å²) in [6.45, 7) is -1.99. The maximum absolute atomic E-state index is 12.6. The van der Waals surface area contributed by atoms with E-state index in [1.54, 1.807) is 0 Å². The Kier molecular flexibility index (Phi) is 7.73. The minimum atomic E-state index is -2.42. The first-order valence-corrected chi connectivity index (χ1v) is 8.47. The lowest BCUT2D eigenvalue weighted by Gasteiger charge is -2.42. The molecule has 5 atom stereocenters. The number of hydrogen-bond donors (Lipinski definition) is 3. The van der Waals surface area contributed by atoms with Gasteiger partial charge >= 0.3 is 0 Å². The molecule has 2 saturated heterocycles. The predicted octanol–water partition coefficient (Wildman–Crippen LogP) is 0.389. The second-order valence-electron chi connectivity index (χ2n) is 5.24. The highest BCUT2D eigenvalue weighted by Crippen LogP contribution is 2.37. The van der Waals surface area contributed by atoms with Crippen LogP contribution in [0.5, 0.6) is 0 Å². The molecule has 0 amide bonds. The molecule has 25 heavy (non-hydrogen) atoms. The van der Waals surface area contributed by atoms with Crippen LogP contribution in [0.1, 0.15) is 13.3 Å². The molecule has 0 radical (unpaired) electrons. The molecule has 146 valence electrons. The predicted molar refractivity (Wildman–Crippen MR) is 81.7 cm³/mol. The normalized spacial score (nSPS) is 34.2. The van der Waals surface area contributed by atoms with E-state index in [1.165, 1.54) is 11.8 Å². The average Bonchev–Trinajstić information content (AvgIpc) is 2.96. The van der Waals surface area contributed by atoms with E-state index in [4.69, 9.17) is 4.74 Å². The third kappa shape index (κ3) is 4.76. The molecule has 0 aromatic carbocycles. The number of aliphatic hydroxyl groups excluding tert-OH is 2. The zero-order chi connectivity index (χ0) is 18.4. The number of alkyl halides is 3. The maximum Gasteiger partial charge on any atom is 0.292 e. The number of aliphatic hydroxyl groups is 2. The van der Waals surface area contributed by atoms with Crippen molar-refractivity contribution in [3.8, 4) is 0 Å². The first-order chi connectivity index (χ1) is 12.0. The number of thioether (sulfide) groups is 1. The number of aliphatic imine (C=N–C) groups is 1. The van der Waals surface area contributed by atoms with Gasteiger partial charge in [-0.05, 0) is 6.92 Å². The van der Waals surface area contributed by atoms with Crippen molar-refractivity contribution in [1.29, 1.82) is 0 Å². The molecule has 2 fully saturated rings. The van der Waals surface area contributed by atoms with Crippen LogP contribution in [0.3, 0.4) is 0 Å². The van der Waals surface area contributed by atoms with Gasteiger partial charge in [0.15, 0.2) is 25.7 Å². The Labute approximate surface area is 146 Å². The van der Waals surface area contributed by atoms with Crippen molar-refractivity contribution in [2.24, 2.45) is 4.99 Å². The Morgan fingerprint density at radius 3 is 2.28 bits per heavy atom. The number of halogens is 3. The molecule has 2 rings (SSSR count). The highest BCUT2D eigenvalue weighted by atomic mass is 32.2. The SMILES string of the molecule is CCN=C1N[C@@H]2[C@@H](O)[C@H](O)[C@H](CC(OCF)(OCF)OCF)O[C@@H]2S1.